The molecule has 0 aromatic rings. The maximum Gasteiger partial charge on any atom is 0.305 e. The molecule has 1 saturated heterocycles. The van der Waals surface area contributed by atoms with Gasteiger partial charge in [-0.15, -0.1) is 0 Å². The summed E-state index contributed by atoms with van der Waals surface area (Å²) in [4.78, 5) is 36.8. The highest BCUT2D eigenvalue weighted by Crippen LogP contribution is 2.20. The average molecular weight is 370 g/mol. The van der Waals surface area contributed by atoms with Gasteiger partial charge in [-0.2, -0.15) is 11.8 Å². The molecule has 1 amide bonds. The van der Waals surface area contributed by atoms with E-state index in [1.54, 1.807) is 17.8 Å². The summed E-state index contributed by atoms with van der Waals surface area (Å²) in [6.07, 6.45) is 9.89. The van der Waals surface area contributed by atoms with Crippen LogP contribution in [0.1, 0.15) is 58.3 Å². The second kappa shape index (κ2) is 13.0. The Morgan fingerprint density at radius 2 is 2.04 bits per heavy atom. The Hall–Kier alpha value is -1.30. The third kappa shape index (κ3) is 9.10. The van der Waals surface area contributed by atoms with Gasteiger partial charge in [0.05, 0.1) is 13.2 Å². The van der Waals surface area contributed by atoms with Crippen molar-refractivity contribution in [2.45, 2.75) is 64.3 Å². The first-order valence-electron chi connectivity index (χ1n) is 9.23. The van der Waals surface area contributed by atoms with E-state index in [-0.39, 0.29) is 23.7 Å². The minimum absolute atomic E-state index is 0.0540. The van der Waals surface area contributed by atoms with Gasteiger partial charge in [-0.1, -0.05) is 25.8 Å². The van der Waals surface area contributed by atoms with Crippen molar-refractivity contribution in [3.05, 3.63) is 12.2 Å². The highest BCUT2D eigenvalue weighted by Gasteiger charge is 2.28. The highest BCUT2D eigenvalue weighted by molar-refractivity contribution is 7.99. The van der Waals surface area contributed by atoms with Gasteiger partial charge in [-0.3, -0.25) is 14.4 Å². The van der Waals surface area contributed by atoms with Gasteiger partial charge in [0.15, 0.2) is 5.78 Å². The molecule has 5 nitrogen and oxygen atoms in total. The Balaban J connectivity index is 2.27. The number of ether oxygens (including phenoxy) is 1. The fourth-order valence-electron chi connectivity index (χ4n) is 2.78. The summed E-state index contributed by atoms with van der Waals surface area (Å²) in [5.41, 5.74) is 0. The molecule has 0 aromatic carbocycles. The monoisotopic (exact) mass is 369 g/mol. The lowest BCUT2D eigenvalue weighted by Crippen LogP contribution is -2.33. The quantitative estimate of drug-likeness (QED) is 0.283. The molecule has 25 heavy (non-hydrogen) atoms. The Labute approximate surface area is 155 Å². The van der Waals surface area contributed by atoms with Crippen LogP contribution in [0.25, 0.3) is 0 Å². The molecule has 1 heterocycles. The smallest absolute Gasteiger partial charge is 0.305 e. The molecule has 0 saturated carbocycles. The van der Waals surface area contributed by atoms with Crippen molar-refractivity contribution in [1.82, 2.24) is 4.90 Å². The number of esters is 1. The predicted octanol–water partition coefficient (Wildman–Crippen LogP) is 3.37. The first kappa shape index (κ1) is 21.7. The molecule has 0 radical (unpaired) electrons. The molecule has 6 heteroatoms. The number of hydrogen-bond donors (Lipinski definition) is 0. The van der Waals surface area contributed by atoms with Crippen LogP contribution in [0.5, 0.6) is 0 Å². The van der Waals surface area contributed by atoms with Crippen LogP contribution in [0.15, 0.2) is 12.2 Å². The molecule has 1 aliphatic heterocycles. The van der Waals surface area contributed by atoms with E-state index in [1.165, 1.54) is 7.11 Å². The fraction of sp³-hybridized carbons (Fsp3) is 0.737. The van der Waals surface area contributed by atoms with Crippen LogP contribution in [-0.2, 0) is 19.1 Å². The summed E-state index contributed by atoms with van der Waals surface area (Å²) >= 11 is 1.74. The average Bonchev–Trinajstić information content (AvgIpc) is 2.96. The highest BCUT2D eigenvalue weighted by atomic mass is 32.2. The van der Waals surface area contributed by atoms with Crippen molar-refractivity contribution in [2.24, 2.45) is 0 Å². The molecule has 1 aliphatic rings. The number of carbonyl (C=O) groups is 3. The van der Waals surface area contributed by atoms with Gasteiger partial charge >= 0.3 is 5.97 Å². The first-order chi connectivity index (χ1) is 12.1. The van der Waals surface area contributed by atoms with E-state index in [0.29, 0.717) is 25.8 Å². The summed E-state index contributed by atoms with van der Waals surface area (Å²) in [6, 6.07) is 0.0540. The van der Waals surface area contributed by atoms with E-state index in [0.717, 1.165) is 43.6 Å². The molecule has 1 fully saturated rings. The number of ketones is 1. The van der Waals surface area contributed by atoms with Crippen LogP contribution in [0, 0.1) is 0 Å². The maximum absolute atomic E-state index is 12.0. The lowest BCUT2D eigenvalue weighted by atomic mass is 10.1. The van der Waals surface area contributed by atoms with Crippen LogP contribution in [-0.4, -0.2) is 53.8 Å². The molecular weight excluding hydrogens is 338 g/mol. The largest absolute Gasteiger partial charge is 0.469 e. The number of thioether (sulfide) groups is 1. The molecule has 0 unspecified atom stereocenters. The summed E-state index contributed by atoms with van der Waals surface area (Å²) in [5, 5.41) is 0. The topological polar surface area (TPSA) is 63.7 Å². The fourth-order valence-corrected chi connectivity index (χ4v) is 3.66. The first-order valence-corrected chi connectivity index (χ1v) is 10.4. The SMILES string of the molecule is CCCCCC(=O)C=C[C@H]1CCC(=O)N1CCSCCCC(=O)OC. The van der Waals surface area contributed by atoms with Crippen LogP contribution in [0.4, 0.5) is 0 Å². The summed E-state index contributed by atoms with van der Waals surface area (Å²) in [7, 11) is 1.40. The van der Waals surface area contributed by atoms with Crippen molar-refractivity contribution in [3.8, 4) is 0 Å². The number of hydrogen-bond acceptors (Lipinski definition) is 5. The van der Waals surface area contributed by atoms with Gasteiger partial charge in [-0.05, 0) is 31.1 Å². The number of unbranched alkanes of at least 4 members (excludes halogenated alkanes) is 2. The number of amides is 1. The van der Waals surface area contributed by atoms with Gasteiger partial charge in [0.1, 0.15) is 0 Å². The van der Waals surface area contributed by atoms with E-state index in [4.69, 9.17) is 0 Å². The van der Waals surface area contributed by atoms with Crippen molar-refractivity contribution in [1.29, 1.82) is 0 Å². The number of allylic oxidation sites excluding steroid dienone is 1. The molecule has 0 bridgehead atoms. The minimum Gasteiger partial charge on any atom is -0.469 e. The third-order valence-corrected chi connectivity index (χ3v) is 5.33. The maximum atomic E-state index is 12.0. The van der Waals surface area contributed by atoms with E-state index in [1.807, 2.05) is 11.0 Å². The zero-order chi connectivity index (χ0) is 18.5. The van der Waals surface area contributed by atoms with Crippen LogP contribution in [0.2, 0.25) is 0 Å². The number of nitrogens with zero attached hydrogens (tertiary/aromatic N) is 1. The summed E-state index contributed by atoms with van der Waals surface area (Å²) in [6.45, 7) is 2.82. The molecule has 0 aromatic heterocycles. The third-order valence-electron chi connectivity index (χ3n) is 4.28. The van der Waals surface area contributed by atoms with Crippen molar-refractivity contribution in [2.75, 3.05) is 25.2 Å². The lowest BCUT2D eigenvalue weighted by molar-refractivity contribution is -0.140. The normalized spacial score (nSPS) is 17.4. The Morgan fingerprint density at radius 1 is 1.24 bits per heavy atom. The zero-order valence-corrected chi connectivity index (χ0v) is 16.3. The van der Waals surface area contributed by atoms with Crippen molar-refractivity contribution in [3.63, 3.8) is 0 Å². The molecule has 1 rings (SSSR count). The second-order valence-electron chi connectivity index (χ2n) is 6.27. The van der Waals surface area contributed by atoms with Gasteiger partial charge in [0, 0.05) is 31.6 Å². The van der Waals surface area contributed by atoms with E-state index >= 15 is 0 Å². The molecule has 142 valence electrons. The number of rotatable bonds is 13. The van der Waals surface area contributed by atoms with Crippen LogP contribution < -0.4 is 0 Å². The van der Waals surface area contributed by atoms with E-state index < -0.39 is 0 Å². The molecule has 0 spiro atoms. The van der Waals surface area contributed by atoms with Crippen LogP contribution >= 0.6 is 11.8 Å². The predicted molar refractivity (Wildman–Crippen MR) is 102 cm³/mol. The number of likely N-dealkylation sites (tertiary alicyclic amines) is 1. The minimum atomic E-state index is -0.177. The van der Waals surface area contributed by atoms with Crippen LogP contribution in [0.3, 0.4) is 0 Å². The van der Waals surface area contributed by atoms with Crippen molar-refractivity contribution < 1.29 is 19.1 Å². The number of methoxy groups -OCH3 is 1. The molecule has 0 aliphatic carbocycles. The van der Waals surface area contributed by atoms with E-state index in [2.05, 4.69) is 11.7 Å². The standard InChI is InChI=1S/C19H31NO4S/c1-3-4-5-7-17(21)11-9-16-10-12-18(22)20(16)13-15-25-14-6-8-19(23)24-2/h9,11,16H,3-8,10,12-15H2,1-2H3/t16-/m0/s1. The number of carbonyl (C=O) groups excluding carboxylic acids is 3. The molecular formula is C19H31NO4S. The molecule has 1 atom stereocenters. The Morgan fingerprint density at radius 3 is 2.76 bits per heavy atom. The summed E-state index contributed by atoms with van der Waals surface area (Å²) < 4.78 is 4.61. The molecule has 0 N–H and O–H groups in total. The Kier molecular flexibility index (Phi) is 11.3. The Bertz CT molecular complexity index is 464. The summed E-state index contributed by atoms with van der Waals surface area (Å²) in [5.74, 6) is 1.88. The van der Waals surface area contributed by atoms with Gasteiger partial charge < -0.3 is 9.64 Å². The zero-order valence-electron chi connectivity index (χ0n) is 15.5. The van der Waals surface area contributed by atoms with Gasteiger partial charge in [0.25, 0.3) is 0 Å². The second-order valence-corrected chi connectivity index (χ2v) is 7.49. The van der Waals surface area contributed by atoms with Gasteiger partial charge in [0.2, 0.25) is 5.91 Å². The van der Waals surface area contributed by atoms with Gasteiger partial charge in [-0.25, -0.2) is 0 Å². The lowest BCUT2D eigenvalue weighted by Gasteiger charge is -2.22. The van der Waals surface area contributed by atoms with E-state index in [9.17, 15) is 14.4 Å². The van der Waals surface area contributed by atoms with Crippen molar-refractivity contribution >= 4 is 29.4 Å².